The van der Waals surface area contributed by atoms with Crippen LogP contribution in [-0.2, 0) is 4.74 Å². The maximum absolute atomic E-state index is 5.91. The van der Waals surface area contributed by atoms with Crippen LogP contribution in [0, 0.1) is 5.92 Å². The highest BCUT2D eigenvalue weighted by atomic mass is 16.5. The monoisotopic (exact) mass is 230 g/mol. The molecule has 1 aromatic rings. The van der Waals surface area contributed by atoms with E-state index in [2.05, 4.69) is 48.6 Å². The van der Waals surface area contributed by atoms with E-state index in [0.717, 1.165) is 13.0 Å². The van der Waals surface area contributed by atoms with Gasteiger partial charge in [0, 0.05) is 18.1 Å². The van der Waals surface area contributed by atoms with E-state index in [1.807, 2.05) is 6.07 Å². The van der Waals surface area contributed by atoms with Crippen molar-refractivity contribution in [2.75, 3.05) is 6.61 Å². The Morgan fingerprint density at radius 1 is 1.29 bits per heavy atom. The minimum Gasteiger partial charge on any atom is -0.374 e. The predicted molar refractivity (Wildman–Crippen MR) is 67.9 cm³/mol. The zero-order valence-electron chi connectivity index (χ0n) is 10.3. The van der Waals surface area contributed by atoms with Crippen molar-refractivity contribution in [3.05, 3.63) is 35.9 Å². The Bertz CT molecular complexity index is 439. The van der Waals surface area contributed by atoms with E-state index in [0.29, 0.717) is 5.92 Å². The molecule has 2 aliphatic rings. The lowest BCUT2D eigenvalue weighted by molar-refractivity contribution is -0.0389. The number of hydrazone groups is 1. The summed E-state index contributed by atoms with van der Waals surface area (Å²) in [6.45, 7) is 5.02. The van der Waals surface area contributed by atoms with Gasteiger partial charge in [-0.1, -0.05) is 30.3 Å². The molecule has 2 atom stereocenters. The number of ether oxygens (including phenoxy) is 1. The number of benzene rings is 1. The first-order valence-electron chi connectivity index (χ1n) is 6.17. The third-order valence-corrected chi connectivity index (χ3v) is 3.60. The van der Waals surface area contributed by atoms with E-state index in [-0.39, 0.29) is 11.6 Å². The van der Waals surface area contributed by atoms with Crippen LogP contribution in [0.2, 0.25) is 0 Å². The topological polar surface area (TPSA) is 33.6 Å². The summed E-state index contributed by atoms with van der Waals surface area (Å²) >= 11 is 0. The van der Waals surface area contributed by atoms with Gasteiger partial charge in [0.1, 0.15) is 0 Å². The van der Waals surface area contributed by atoms with Gasteiger partial charge in [-0.15, -0.1) is 0 Å². The summed E-state index contributed by atoms with van der Waals surface area (Å²) in [6, 6.07) is 10.8. The van der Waals surface area contributed by atoms with Gasteiger partial charge in [0.2, 0.25) is 0 Å². The normalized spacial score (nSPS) is 30.4. The molecule has 0 amide bonds. The number of hydrogen-bond donors (Lipinski definition) is 1. The Labute approximate surface area is 102 Å². The van der Waals surface area contributed by atoms with Crippen LogP contribution in [0.5, 0.6) is 0 Å². The molecule has 90 valence electrons. The third-order valence-electron chi connectivity index (χ3n) is 3.60. The quantitative estimate of drug-likeness (QED) is 0.804. The van der Waals surface area contributed by atoms with Gasteiger partial charge in [-0.2, -0.15) is 5.10 Å². The molecule has 3 nitrogen and oxygen atoms in total. The molecule has 0 unspecified atom stereocenters. The largest absolute Gasteiger partial charge is 0.374 e. The average molecular weight is 230 g/mol. The van der Waals surface area contributed by atoms with Crippen molar-refractivity contribution in [3.63, 3.8) is 0 Å². The molecule has 17 heavy (non-hydrogen) atoms. The summed E-state index contributed by atoms with van der Waals surface area (Å²) < 4.78 is 5.91. The summed E-state index contributed by atoms with van der Waals surface area (Å²) in [5.74, 6) is 0.394. The minimum atomic E-state index is -0.0669. The van der Waals surface area contributed by atoms with Crippen molar-refractivity contribution >= 4 is 5.71 Å². The molecule has 0 aromatic heterocycles. The van der Waals surface area contributed by atoms with E-state index >= 15 is 0 Å². The minimum absolute atomic E-state index is 0.0669. The predicted octanol–water partition coefficient (Wildman–Crippen LogP) is 2.50. The first-order valence-corrected chi connectivity index (χ1v) is 6.17. The Balaban J connectivity index is 1.82. The lowest BCUT2D eigenvalue weighted by Gasteiger charge is -2.35. The summed E-state index contributed by atoms with van der Waals surface area (Å²) in [4.78, 5) is 0. The second-order valence-electron chi connectivity index (χ2n) is 5.47. The number of nitrogens with zero attached hydrogens (tertiary/aromatic N) is 1. The molecular formula is C14H18N2O. The van der Waals surface area contributed by atoms with Crippen molar-refractivity contribution in [3.8, 4) is 0 Å². The maximum Gasteiger partial charge on any atom is 0.0792 e. The summed E-state index contributed by atoms with van der Waals surface area (Å²) in [6.07, 6.45) is 0.925. The number of fused-ring (bicyclic) bond motifs is 1. The fourth-order valence-corrected chi connectivity index (χ4v) is 2.65. The molecule has 0 saturated carbocycles. The smallest absolute Gasteiger partial charge is 0.0792 e. The second kappa shape index (κ2) is 3.84. The van der Waals surface area contributed by atoms with Crippen LogP contribution in [0.1, 0.15) is 31.9 Å². The van der Waals surface area contributed by atoms with Crippen LogP contribution in [0.25, 0.3) is 0 Å². The molecule has 1 fully saturated rings. The van der Waals surface area contributed by atoms with Crippen LogP contribution in [0.15, 0.2) is 35.4 Å². The molecule has 1 aromatic carbocycles. The van der Waals surface area contributed by atoms with Crippen LogP contribution in [0.3, 0.4) is 0 Å². The third kappa shape index (κ3) is 1.95. The van der Waals surface area contributed by atoms with Crippen molar-refractivity contribution < 1.29 is 4.74 Å². The van der Waals surface area contributed by atoms with Gasteiger partial charge in [0.05, 0.1) is 18.2 Å². The molecule has 3 rings (SSSR count). The Hall–Kier alpha value is -1.35. The van der Waals surface area contributed by atoms with E-state index in [4.69, 9.17) is 4.74 Å². The summed E-state index contributed by atoms with van der Waals surface area (Å²) in [5, 5.41) is 4.50. The van der Waals surface area contributed by atoms with E-state index in [1.54, 1.807) is 0 Å². The number of hydrogen-bond acceptors (Lipinski definition) is 3. The molecule has 0 bridgehead atoms. The zero-order valence-corrected chi connectivity index (χ0v) is 10.3. The van der Waals surface area contributed by atoms with Gasteiger partial charge in [0.25, 0.3) is 0 Å². The van der Waals surface area contributed by atoms with Gasteiger partial charge in [-0.25, -0.2) is 0 Å². The summed E-state index contributed by atoms with van der Waals surface area (Å²) in [7, 11) is 0. The van der Waals surface area contributed by atoms with Gasteiger partial charge in [-0.3, -0.25) is 0 Å². The van der Waals surface area contributed by atoms with Crippen LogP contribution < -0.4 is 5.43 Å². The van der Waals surface area contributed by atoms with E-state index < -0.39 is 0 Å². The Kier molecular flexibility index (Phi) is 2.44. The highest BCUT2D eigenvalue weighted by molar-refractivity contribution is 5.90. The van der Waals surface area contributed by atoms with Crippen LogP contribution >= 0.6 is 0 Å². The first-order chi connectivity index (χ1) is 8.16. The molecule has 1 saturated heterocycles. The number of rotatable bonds is 1. The van der Waals surface area contributed by atoms with Crippen molar-refractivity contribution in [2.24, 2.45) is 11.0 Å². The molecule has 0 aliphatic carbocycles. The first kappa shape index (κ1) is 10.8. The van der Waals surface area contributed by atoms with Gasteiger partial charge >= 0.3 is 0 Å². The lowest BCUT2D eigenvalue weighted by atomic mass is 9.84. The van der Waals surface area contributed by atoms with Crippen molar-refractivity contribution in [1.29, 1.82) is 0 Å². The van der Waals surface area contributed by atoms with Gasteiger partial charge in [0.15, 0.2) is 0 Å². The van der Waals surface area contributed by atoms with Crippen LogP contribution in [0.4, 0.5) is 0 Å². The highest BCUT2D eigenvalue weighted by Crippen LogP contribution is 2.36. The second-order valence-corrected chi connectivity index (χ2v) is 5.47. The SMILES string of the molecule is CC1(C)CC2=NN[C@@H](c3ccccc3)[C@@H]2CO1. The fraction of sp³-hybridized carbons (Fsp3) is 0.500. The van der Waals surface area contributed by atoms with Gasteiger partial charge < -0.3 is 10.2 Å². The van der Waals surface area contributed by atoms with Crippen molar-refractivity contribution in [2.45, 2.75) is 31.9 Å². The molecule has 2 heterocycles. The molecule has 0 spiro atoms. The van der Waals surface area contributed by atoms with E-state index in [9.17, 15) is 0 Å². The highest BCUT2D eigenvalue weighted by Gasteiger charge is 2.40. The standard InChI is InChI=1S/C14H18N2O/c1-14(2)8-12-11(9-17-14)13(16-15-12)10-6-4-3-5-7-10/h3-7,11,13,16H,8-9H2,1-2H3/t11-,13+/m1/s1. The Morgan fingerprint density at radius 2 is 2.06 bits per heavy atom. The van der Waals surface area contributed by atoms with Crippen LogP contribution in [-0.4, -0.2) is 17.9 Å². The maximum atomic E-state index is 5.91. The Morgan fingerprint density at radius 3 is 2.82 bits per heavy atom. The summed E-state index contributed by atoms with van der Waals surface area (Å²) in [5.41, 5.74) is 5.74. The molecule has 1 N–H and O–H groups in total. The molecule has 2 aliphatic heterocycles. The molecular weight excluding hydrogens is 212 g/mol. The molecule has 0 radical (unpaired) electrons. The lowest BCUT2D eigenvalue weighted by Crippen LogP contribution is -2.40. The fourth-order valence-electron chi connectivity index (χ4n) is 2.65. The van der Waals surface area contributed by atoms with Crippen molar-refractivity contribution in [1.82, 2.24) is 5.43 Å². The number of nitrogens with one attached hydrogen (secondary N) is 1. The molecule has 3 heteroatoms. The van der Waals surface area contributed by atoms with Gasteiger partial charge in [-0.05, 0) is 19.4 Å². The van der Waals surface area contributed by atoms with E-state index in [1.165, 1.54) is 11.3 Å². The average Bonchev–Trinajstić information content (AvgIpc) is 2.71. The zero-order chi connectivity index (χ0) is 11.9.